The molecule has 90 valence electrons. The topological polar surface area (TPSA) is 59.1 Å². The van der Waals surface area contributed by atoms with Crippen LogP contribution in [0.25, 0.3) is 0 Å². The molecule has 1 aromatic heterocycles. The van der Waals surface area contributed by atoms with Crippen LogP contribution in [0.5, 0.6) is 0 Å². The van der Waals surface area contributed by atoms with Gasteiger partial charge in [-0.2, -0.15) is 0 Å². The van der Waals surface area contributed by atoms with Crippen molar-refractivity contribution >= 4 is 0 Å². The number of aromatic nitrogens is 1. The summed E-state index contributed by atoms with van der Waals surface area (Å²) in [6, 6.07) is 5.74. The Morgan fingerprint density at radius 2 is 2.19 bits per heavy atom. The largest absolute Gasteiger partial charge is 0.391 e. The van der Waals surface area contributed by atoms with Gasteiger partial charge in [-0.3, -0.25) is 4.98 Å². The van der Waals surface area contributed by atoms with Gasteiger partial charge in [0.2, 0.25) is 0 Å². The van der Waals surface area contributed by atoms with Crippen LogP contribution in [0.4, 0.5) is 0 Å². The highest BCUT2D eigenvalue weighted by atomic mass is 16.3. The SMILES string of the molecule is CCCC(N)C(O)CC(C)c1ccccn1. The van der Waals surface area contributed by atoms with Gasteiger partial charge in [0.15, 0.2) is 0 Å². The van der Waals surface area contributed by atoms with Crippen LogP contribution in [0.2, 0.25) is 0 Å². The molecule has 3 heteroatoms. The van der Waals surface area contributed by atoms with E-state index in [0.29, 0.717) is 6.42 Å². The predicted molar refractivity (Wildman–Crippen MR) is 66.2 cm³/mol. The Bertz CT molecular complexity index is 289. The van der Waals surface area contributed by atoms with E-state index in [9.17, 15) is 5.11 Å². The van der Waals surface area contributed by atoms with Gasteiger partial charge in [-0.1, -0.05) is 26.3 Å². The van der Waals surface area contributed by atoms with Crippen molar-refractivity contribution in [3.05, 3.63) is 30.1 Å². The molecule has 3 unspecified atom stereocenters. The number of hydrogen-bond donors (Lipinski definition) is 2. The van der Waals surface area contributed by atoms with E-state index in [-0.39, 0.29) is 12.0 Å². The molecular formula is C13H22N2O. The summed E-state index contributed by atoms with van der Waals surface area (Å²) >= 11 is 0. The van der Waals surface area contributed by atoms with Crippen molar-refractivity contribution < 1.29 is 5.11 Å². The lowest BCUT2D eigenvalue weighted by atomic mass is 9.94. The van der Waals surface area contributed by atoms with Crippen LogP contribution in [0, 0.1) is 0 Å². The smallest absolute Gasteiger partial charge is 0.0697 e. The molecule has 0 aliphatic heterocycles. The second-order valence-electron chi connectivity index (χ2n) is 4.41. The molecule has 1 heterocycles. The summed E-state index contributed by atoms with van der Waals surface area (Å²) in [4.78, 5) is 4.29. The molecule has 3 atom stereocenters. The molecule has 0 aromatic carbocycles. The third-order valence-corrected chi connectivity index (χ3v) is 2.90. The van der Waals surface area contributed by atoms with Gasteiger partial charge in [0.25, 0.3) is 0 Å². The standard InChI is InChI=1S/C13H22N2O/c1-3-6-11(14)13(16)9-10(2)12-7-4-5-8-15-12/h4-5,7-8,10-11,13,16H,3,6,9,14H2,1-2H3. The first-order chi connectivity index (χ1) is 7.65. The third kappa shape index (κ3) is 3.91. The minimum atomic E-state index is -0.433. The summed E-state index contributed by atoms with van der Waals surface area (Å²) in [5, 5.41) is 9.93. The molecule has 16 heavy (non-hydrogen) atoms. The average molecular weight is 222 g/mol. The Morgan fingerprint density at radius 3 is 2.75 bits per heavy atom. The summed E-state index contributed by atoms with van der Waals surface area (Å²) < 4.78 is 0. The maximum atomic E-state index is 9.93. The van der Waals surface area contributed by atoms with Crippen LogP contribution in [0.15, 0.2) is 24.4 Å². The van der Waals surface area contributed by atoms with Gasteiger partial charge in [0, 0.05) is 23.9 Å². The lowest BCUT2D eigenvalue weighted by Crippen LogP contribution is -2.35. The van der Waals surface area contributed by atoms with Gasteiger partial charge in [0.05, 0.1) is 6.10 Å². The molecule has 0 fully saturated rings. The van der Waals surface area contributed by atoms with Crippen LogP contribution >= 0.6 is 0 Å². The molecule has 0 aliphatic carbocycles. The lowest BCUT2D eigenvalue weighted by molar-refractivity contribution is 0.123. The molecular weight excluding hydrogens is 200 g/mol. The molecule has 3 N–H and O–H groups in total. The average Bonchev–Trinajstić information content (AvgIpc) is 2.30. The van der Waals surface area contributed by atoms with Gasteiger partial charge in [-0.25, -0.2) is 0 Å². The normalized spacial score (nSPS) is 16.8. The van der Waals surface area contributed by atoms with E-state index >= 15 is 0 Å². The number of hydrogen-bond acceptors (Lipinski definition) is 3. The highest BCUT2D eigenvalue weighted by Crippen LogP contribution is 2.19. The first kappa shape index (κ1) is 13.1. The summed E-state index contributed by atoms with van der Waals surface area (Å²) in [5.41, 5.74) is 6.90. The minimum absolute atomic E-state index is 0.115. The Kier molecular flexibility index (Phi) is 5.43. The molecule has 0 aliphatic rings. The predicted octanol–water partition coefficient (Wildman–Crippen LogP) is 2.06. The van der Waals surface area contributed by atoms with Crippen LogP contribution in [0.3, 0.4) is 0 Å². The Labute approximate surface area is 97.7 Å². The summed E-state index contributed by atoms with van der Waals surface area (Å²) in [5.74, 6) is 0.249. The summed E-state index contributed by atoms with van der Waals surface area (Å²) in [7, 11) is 0. The highest BCUT2D eigenvalue weighted by Gasteiger charge is 2.18. The number of rotatable bonds is 6. The van der Waals surface area contributed by atoms with E-state index < -0.39 is 6.10 Å². The van der Waals surface area contributed by atoms with E-state index in [0.717, 1.165) is 18.5 Å². The van der Waals surface area contributed by atoms with Gasteiger partial charge in [-0.15, -0.1) is 0 Å². The quantitative estimate of drug-likeness (QED) is 0.774. The fourth-order valence-electron chi connectivity index (χ4n) is 1.85. The van der Waals surface area contributed by atoms with Crippen molar-refractivity contribution in [3.63, 3.8) is 0 Å². The zero-order chi connectivity index (χ0) is 12.0. The van der Waals surface area contributed by atoms with Gasteiger partial charge < -0.3 is 10.8 Å². The molecule has 0 radical (unpaired) electrons. The maximum Gasteiger partial charge on any atom is 0.0697 e. The van der Waals surface area contributed by atoms with Crippen molar-refractivity contribution in [1.82, 2.24) is 4.98 Å². The van der Waals surface area contributed by atoms with Crippen molar-refractivity contribution in [3.8, 4) is 0 Å². The molecule has 3 nitrogen and oxygen atoms in total. The first-order valence-electron chi connectivity index (χ1n) is 5.99. The van der Waals surface area contributed by atoms with Crippen molar-refractivity contribution in [2.24, 2.45) is 5.73 Å². The zero-order valence-electron chi connectivity index (χ0n) is 10.1. The van der Waals surface area contributed by atoms with Gasteiger partial charge in [-0.05, 0) is 25.0 Å². The summed E-state index contributed by atoms with van der Waals surface area (Å²) in [6.07, 6.45) is 3.91. The van der Waals surface area contributed by atoms with E-state index in [1.165, 1.54) is 0 Å². The van der Waals surface area contributed by atoms with Crippen molar-refractivity contribution in [2.75, 3.05) is 0 Å². The van der Waals surface area contributed by atoms with Gasteiger partial charge >= 0.3 is 0 Å². The van der Waals surface area contributed by atoms with E-state index in [4.69, 9.17) is 5.73 Å². The van der Waals surface area contributed by atoms with Crippen molar-refractivity contribution in [1.29, 1.82) is 0 Å². The van der Waals surface area contributed by atoms with Crippen LogP contribution in [-0.2, 0) is 0 Å². The first-order valence-corrected chi connectivity index (χ1v) is 5.99. The maximum absolute atomic E-state index is 9.93. The second-order valence-corrected chi connectivity index (χ2v) is 4.41. The van der Waals surface area contributed by atoms with Gasteiger partial charge in [0.1, 0.15) is 0 Å². The Morgan fingerprint density at radius 1 is 1.44 bits per heavy atom. The number of aliphatic hydroxyl groups is 1. The number of aliphatic hydroxyl groups excluding tert-OH is 1. The lowest BCUT2D eigenvalue weighted by Gasteiger charge is -2.21. The number of pyridine rings is 1. The molecule has 0 saturated carbocycles. The van der Waals surface area contributed by atoms with E-state index in [1.807, 2.05) is 18.2 Å². The Hall–Kier alpha value is -0.930. The molecule has 0 saturated heterocycles. The monoisotopic (exact) mass is 222 g/mol. The van der Waals surface area contributed by atoms with E-state index in [1.54, 1.807) is 6.20 Å². The van der Waals surface area contributed by atoms with Crippen LogP contribution in [0.1, 0.15) is 44.7 Å². The summed E-state index contributed by atoms with van der Waals surface area (Å²) in [6.45, 7) is 4.15. The van der Waals surface area contributed by atoms with Crippen LogP contribution < -0.4 is 5.73 Å². The Balaban J connectivity index is 2.48. The second kappa shape index (κ2) is 6.61. The third-order valence-electron chi connectivity index (χ3n) is 2.90. The van der Waals surface area contributed by atoms with Crippen molar-refractivity contribution in [2.45, 2.75) is 51.2 Å². The molecule has 0 amide bonds. The minimum Gasteiger partial charge on any atom is -0.391 e. The van der Waals surface area contributed by atoms with Crippen LogP contribution in [-0.4, -0.2) is 22.2 Å². The molecule has 0 bridgehead atoms. The molecule has 1 rings (SSSR count). The fraction of sp³-hybridized carbons (Fsp3) is 0.615. The fourth-order valence-corrected chi connectivity index (χ4v) is 1.85. The number of nitrogens with zero attached hydrogens (tertiary/aromatic N) is 1. The molecule has 1 aromatic rings. The van der Waals surface area contributed by atoms with E-state index in [2.05, 4.69) is 18.8 Å². The highest BCUT2D eigenvalue weighted by molar-refractivity contribution is 5.08. The molecule has 0 spiro atoms. The number of nitrogens with two attached hydrogens (primary N) is 1. The zero-order valence-corrected chi connectivity index (χ0v) is 10.1.